The lowest BCUT2D eigenvalue weighted by atomic mass is 10.2. The van der Waals surface area contributed by atoms with Crippen LogP contribution in [0.15, 0.2) is 29.9 Å². The van der Waals surface area contributed by atoms with Gasteiger partial charge in [-0.15, -0.1) is 11.3 Å². The molecule has 0 radical (unpaired) electrons. The van der Waals surface area contributed by atoms with Gasteiger partial charge in [0.15, 0.2) is 0 Å². The number of hydrogen-bond donors (Lipinski definition) is 1. The molecule has 0 bridgehead atoms. The fourth-order valence-electron chi connectivity index (χ4n) is 2.07. The van der Waals surface area contributed by atoms with Crippen LogP contribution in [0.5, 0.6) is 0 Å². The summed E-state index contributed by atoms with van der Waals surface area (Å²) in [7, 11) is 1.63. The molecule has 0 aliphatic carbocycles. The Hall–Kier alpha value is -1.99. The van der Waals surface area contributed by atoms with Crippen molar-refractivity contribution in [3.63, 3.8) is 0 Å². The minimum Gasteiger partial charge on any atom is -0.383 e. The zero-order chi connectivity index (χ0) is 16.7. The first-order chi connectivity index (χ1) is 11.1. The van der Waals surface area contributed by atoms with Gasteiger partial charge >= 0.3 is 6.03 Å². The second-order valence-corrected chi connectivity index (χ2v) is 6.16. The lowest BCUT2D eigenvalue weighted by Gasteiger charge is -2.24. The van der Waals surface area contributed by atoms with Crippen molar-refractivity contribution in [3.05, 3.63) is 46.2 Å². The number of rotatable bonds is 7. The molecule has 23 heavy (non-hydrogen) atoms. The molecule has 7 heteroatoms. The van der Waals surface area contributed by atoms with E-state index in [2.05, 4.69) is 15.3 Å². The molecule has 0 aliphatic rings. The summed E-state index contributed by atoms with van der Waals surface area (Å²) in [4.78, 5) is 22.7. The van der Waals surface area contributed by atoms with E-state index < -0.39 is 0 Å². The Morgan fingerprint density at radius 3 is 2.78 bits per heavy atom. The van der Waals surface area contributed by atoms with Gasteiger partial charge in [0, 0.05) is 43.7 Å². The van der Waals surface area contributed by atoms with Crippen LogP contribution >= 0.6 is 11.3 Å². The predicted molar refractivity (Wildman–Crippen MR) is 90.3 cm³/mol. The number of ether oxygens (including phenoxy) is 1. The number of pyridine rings is 1. The van der Waals surface area contributed by atoms with Gasteiger partial charge in [0.25, 0.3) is 0 Å². The Labute approximate surface area is 140 Å². The summed E-state index contributed by atoms with van der Waals surface area (Å²) in [6.07, 6.45) is 3.45. The second kappa shape index (κ2) is 8.59. The molecule has 2 rings (SSSR count). The van der Waals surface area contributed by atoms with E-state index in [1.807, 2.05) is 31.4 Å². The molecule has 124 valence electrons. The highest BCUT2D eigenvalue weighted by Gasteiger charge is 2.18. The van der Waals surface area contributed by atoms with Crippen molar-refractivity contribution in [1.82, 2.24) is 20.2 Å². The molecule has 0 spiro atoms. The van der Waals surface area contributed by atoms with Crippen molar-refractivity contribution < 1.29 is 9.53 Å². The minimum atomic E-state index is -0.126. The lowest BCUT2D eigenvalue weighted by Crippen LogP contribution is -2.42. The van der Waals surface area contributed by atoms with Gasteiger partial charge < -0.3 is 15.0 Å². The van der Waals surface area contributed by atoms with Gasteiger partial charge in [-0.25, -0.2) is 9.78 Å². The Morgan fingerprint density at radius 1 is 1.43 bits per heavy atom. The van der Waals surface area contributed by atoms with Crippen LogP contribution in [-0.2, 0) is 11.3 Å². The maximum absolute atomic E-state index is 12.6. The number of nitrogens with one attached hydrogen (secondary N) is 1. The quantitative estimate of drug-likeness (QED) is 0.845. The molecule has 0 saturated heterocycles. The van der Waals surface area contributed by atoms with E-state index in [1.165, 1.54) is 0 Å². The lowest BCUT2D eigenvalue weighted by molar-refractivity contribution is 0.145. The number of thiazole rings is 1. The van der Waals surface area contributed by atoms with Crippen LogP contribution in [0, 0.1) is 6.92 Å². The van der Waals surface area contributed by atoms with Crippen molar-refractivity contribution in [1.29, 1.82) is 0 Å². The van der Waals surface area contributed by atoms with Gasteiger partial charge in [-0.3, -0.25) is 4.98 Å². The molecule has 2 aromatic heterocycles. The van der Waals surface area contributed by atoms with Crippen LogP contribution in [0.1, 0.15) is 29.2 Å². The first-order valence-corrected chi connectivity index (χ1v) is 8.33. The molecular weight excluding hydrogens is 312 g/mol. The van der Waals surface area contributed by atoms with Gasteiger partial charge in [-0.05, 0) is 31.5 Å². The maximum Gasteiger partial charge on any atom is 0.318 e. The Bertz CT molecular complexity index is 618. The van der Waals surface area contributed by atoms with Crippen molar-refractivity contribution in [2.75, 3.05) is 20.3 Å². The molecule has 2 amide bonds. The number of hydrogen-bond acceptors (Lipinski definition) is 5. The summed E-state index contributed by atoms with van der Waals surface area (Å²) in [5.74, 6) is 0. The first-order valence-electron chi connectivity index (χ1n) is 7.45. The van der Waals surface area contributed by atoms with Crippen LogP contribution in [0.25, 0.3) is 0 Å². The van der Waals surface area contributed by atoms with Crippen molar-refractivity contribution in [2.45, 2.75) is 26.4 Å². The van der Waals surface area contributed by atoms with Crippen molar-refractivity contribution >= 4 is 17.4 Å². The van der Waals surface area contributed by atoms with Gasteiger partial charge in [0.2, 0.25) is 0 Å². The summed E-state index contributed by atoms with van der Waals surface area (Å²) in [5, 5.41) is 5.90. The van der Waals surface area contributed by atoms with E-state index >= 15 is 0 Å². The molecule has 0 fully saturated rings. The number of urea groups is 1. The largest absolute Gasteiger partial charge is 0.383 e. The monoisotopic (exact) mass is 334 g/mol. The highest BCUT2D eigenvalue weighted by molar-refractivity contribution is 7.09. The second-order valence-electron chi connectivity index (χ2n) is 5.27. The molecule has 0 aliphatic heterocycles. The average molecular weight is 334 g/mol. The molecular formula is C16H22N4O2S. The van der Waals surface area contributed by atoms with Gasteiger partial charge in [0.1, 0.15) is 5.01 Å². The van der Waals surface area contributed by atoms with Crippen LogP contribution < -0.4 is 5.32 Å². The van der Waals surface area contributed by atoms with E-state index in [9.17, 15) is 4.79 Å². The highest BCUT2D eigenvalue weighted by Crippen LogP contribution is 2.18. The van der Waals surface area contributed by atoms with Gasteiger partial charge in [-0.1, -0.05) is 0 Å². The van der Waals surface area contributed by atoms with E-state index in [0.717, 1.165) is 16.3 Å². The standard InChI is InChI=1S/C16H22N4O2S/c1-12-11-23-15(18-12)13(2)19-16(21)20(8-9-22-3)10-14-4-6-17-7-5-14/h4-7,11,13H,8-10H2,1-3H3,(H,19,21)/t13-/m0/s1. The molecule has 1 atom stereocenters. The maximum atomic E-state index is 12.6. The zero-order valence-electron chi connectivity index (χ0n) is 13.7. The summed E-state index contributed by atoms with van der Waals surface area (Å²) >= 11 is 1.56. The Kier molecular flexibility index (Phi) is 6.49. The number of aromatic nitrogens is 2. The summed E-state index contributed by atoms with van der Waals surface area (Å²) in [5.41, 5.74) is 2.00. The average Bonchev–Trinajstić information content (AvgIpc) is 2.99. The molecule has 2 aromatic rings. The predicted octanol–water partition coefficient (Wildman–Crippen LogP) is 2.77. The first kappa shape index (κ1) is 17.4. The van der Waals surface area contributed by atoms with Crippen LogP contribution in [0.3, 0.4) is 0 Å². The number of aryl methyl sites for hydroxylation is 1. The number of carbonyl (C=O) groups excluding carboxylic acids is 1. The van der Waals surface area contributed by atoms with E-state index in [1.54, 1.807) is 35.7 Å². The van der Waals surface area contributed by atoms with Crippen LogP contribution in [0.2, 0.25) is 0 Å². The fourth-order valence-corrected chi connectivity index (χ4v) is 2.88. The van der Waals surface area contributed by atoms with Crippen molar-refractivity contribution in [2.24, 2.45) is 0 Å². The molecule has 6 nitrogen and oxygen atoms in total. The van der Waals surface area contributed by atoms with Crippen LogP contribution in [-0.4, -0.2) is 41.2 Å². The number of methoxy groups -OCH3 is 1. The summed E-state index contributed by atoms with van der Waals surface area (Å²) in [6, 6.07) is 3.56. The normalized spacial score (nSPS) is 12.0. The Morgan fingerprint density at radius 2 is 2.17 bits per heavy atom. The molecule has 0 aromatic carbocycles. The number of carbonyl (C=O) groups is 1. The topological polar surface area (TPSA) is 67.3 Å². The zero-order valence-corrected chi connectivity index (χ0v) is 14.5. The summed E-state index contributed by atoms with van der Waals surface area (Å²) < 4.78 is 5.11. The molecule has 1 N–H and O–H groups in total. The van der Waals surface area contributed by atoms with E-state index in [-0.39, 0.29) is 12.1 Å². The Balaban J connectivity index is 2.00. The summed E-state index contributed by atoms with van der Waals surface area (Å²) in [6.45, 7) is 5.42. The molecule has 2 heterocycles. The number of amides is 2. The SMILES string of the molecule is COCCN(Cc1ccncc1)C(=O)N[C@@H](C)c1nc(C)cs1. The van der Waals surface area contributed by atoms with Gasteiger partial charge in [0.05, 0.1) is 12.6 Å². The third-order valence-corrected chi connectivity index (χ3v) is 4.47. The van der Waals surface area contributed by atoms with Gasteiger partial charge in [-0.2, -0.15) is 0 Å². The number of nitrogens with zero attached hydrogens (tertiary/aromatic N) is 3. The minimum absolute atomic E-state index is 0.122. The van der Waals surface area contributed by atoms with E-state index in [4.69, 9.17) is 4.74 Å². The molecule has 0 saturated carbocycles. The van der Waals surface area contributed by atoms with Crippen LogP contribution in [0.4, 0.5) is 4.79 Å². The third kappa shape index (κ3) is 5.30. The third-order valence-electron chi connectivity index (χ3n) is 3.32. The fraction of sp³-hybridized carbons (Fsp3) is 0.438. The van der Waals surface area contributed by atoms with E-state index in [0.29, 0.717) is 19.7 Å². The smallest absolute Gasteiger partial charge is 0.318 e. The molecule has 0 unspecified atom stereocenters. The highest BCUT2D eigenvalue weighted by atomic mass is 32.1. The van der Waals surface area contributed by atoms with Crippen molar-refractivity contribution in [3.8, 4) is 0 Å².